The van der Waals surface area contributed by atoms with E-state index in [0.717, 1.165) is 11.3 Å². The SMILES string of the molecule is CCN(CC)CC.CCOC(=O)c1cc(Cc2ccccc2)sc1N. The quantitative estimate of drug-likeness (QED) is 0.740. The van der Waals surface area contributed by atoms with E-state index in [1.54, 1.807) is 6.92 Å². The molecule has 0 aliphatic carbocycles. The third kappa shape index (κ3) is 7.28. The van der Waals surface area contributed by atoms with Crippen LogP contribution in [0.5, 0.6) is 0 Å². The van der Waals surface area contributed by atoms with Gasteiger partial charge in [-0.1, -0.05) is 51.1 Å². The van der Waals surface area contributed by atoms with Crippen molar-refractivity contribution in [3.63, 3.8) is 0 Å². The predicted molar refractivity (Wildman–Crippen MR) is 107 cm³/mol. The Balaban J connectivity index is 0.000000381. The van der Waals surface area contributed by atoms with Crippen LogP contribution in [0.2, 0.25) is 0 Å². The van der Waals surface area contributed by atoms with E-state index >= 15 is 0 Å². The van der Waals surface area contributed by atoms with Gasteiger partial charge in [0, 0.05) is 11.3 Å². The van der Waals surface area contributed by atoms with Crippen LogP contribution in [0.15, 0.2) is 36.4 Å². The maximum atomic E-state index is 11.6. The van der Waals surface area contributed by atoms with Gasteiger partial charge in [-0.05, 0) is 38.2 Å². The third-order valence-corrected chi connectivity index (χ3v) is 4.83. The van der Waals surface area contributed by atoms with E-state index in [0.29, 0.717) is 17.2 Å². The van der Waals surface area contributed by atoms with E-state index in [2.05, 4.69) is 37.8 Å². The highest BCUT2D eigenvalue weighted by atomic mass is 32.1. The fraction of sp³-hybridized carbons (Fsp3) is 0.450. The molecular weight excluding hydrogens is 332 g/mol. The fourth-order valence-electron chi connectivity index (χ4n) is 2.38. The molecule has 0 saturated carbocycles. The first kappa shape index (κ1) is 21.2. The normalized spacial score (nSPS) is 10.3. The summed E-state index contributed by atoms with van der Waals surface area (Å²) < 4.78 is 4.96. The van der Waals surface area contributed by atoms with Crippen molar-refractivity contribution in [1.82, 2.24) is 4.90 Å². The van der Waals surface area contributed by atoms with E-state index in [1.165, 1.54) is 36.5 Å². The molecule has 4 nitrogen and oxygen atoms in total. The summed E-state index contributed by atoms with van der Waals surface area (Å²) in [6, 6.07) is 11.9. The van der Waals surface area contributed by atoms with Crippen molar-refractivity contribution in [2.45, 2.75) is 34.1 Å². The fourth-order valence-corrected chi connectivity index (χ4v) is 3.33. The Morgan fingerprint density at radius 1 is 1.08 bits per heavy atom. The van der Waals surface area contributed by atoms with Gasteiger partial charge in [0.1, 0.15) is 5.00 Å². The monoisotopic (exact) mass is 362 g/mol. The zero-order valence-electron chi connectivity index (χ0n) is 15.7. The molecule has 0 bridgehead atoms. The number of anilines is 1. The number of hydrogen-bond acceptors (Lipinski definition) is 5. The Kier molecular flexibility index (Phi) is 9.88. The Morgan fingerprint density at radius 3 is 2.16 bits per heavy atom. The lowest BCUT2D eigenvalue weighted by Crippen LogP contribution is -2.21. The number of carbonyl (C=O) groups excluding carboxylic acids is 1. The van der Waals surface area contributed by atoms with Crippen LogP contribution in [0.1, 0.15) is 48.5 Å². The maximum absolute atomic E-state index is 11.6. The lowest BCUT2D eigenvalue weighted by Gasteiger charge is -2.13. The van der Waals surface area contributed by atoms with Crippen molar-refractivity contribution < 1.29 is 9.53 Å². The van der Waals surface area contributed by atoms with Gasteiger partial charge in [-0.25, -0.2) is 4.79 Å². The molecule has 0 atom stereocenters. The average molecular weight is 363 g/mol. The van der Waals surface area contributed by atoms with Crippen LogP contribution in [0, 0.1) is 0 Å². The summed E-state index contributed by atoms with van der Waals surface area (Å²) in [5.74, 6) is -0.342. The highest BCUT2D eigenvalue weighted by Gasteiger charge is 2.15. The Labute approximate surface area is 155 Å². The minimum absolute atomic E-state index is 0.342. The number of nitrogens with zero attached hydrogens (tertiary/aromatic N) is 1. The lowest BCUT2D eigenvalue weighted by molar-refractivity contribution is 0.0528. The Bertz CT molecular complexity index is 616. The number of esters is 1. The Hall–Kier alpha value is -1.85. The maximum Gasteiger partial charge on any atom is 0.341 e. The second-order valence-electron chi connectivity index (χ2n) is 5.49. The highest BCUT2D eigenvalue weighted by Crippen LogP contribution is 2.27. The van der Waals surface area contributed by atoms with Gasteiger partial charge in [0.25, 0.3) is 0 Å². The summed E-state index contributed by atoms with van der Waals surface area (Å²) >= 11 is 1.44. The molecule has 0 spiro atoms. The predicted octanol–water partition coefficient (Wildman–Crippen LogP) is 4.45. The van der Waals surface area contributed by atoms with Crippen LogP contribution in [0.4, 0.5) is 5.00 Å². The van der Waals surface area contributed by atoms with Gasteiger partial charge in [-0.3, -0.25) is 0 Å². The largest absolute Gasteiger partial charge is 0.462 e. The van der Waals surface area contributed by atoms with Crippen LogP contribution in [0.25, 0.3) is 0 Å². The number of thiophene rings is 1. The summed E-state index contributed by atoms with van der Waals surface area (Å²) in [6.45, 7) is 12.3. The van der Waals surface area contributed by atoms with E-state index in [1.807, 2.05) is 24.3 Å². The van der Waals surface area contributed by atoms with E-state index < -0.39 is 0 Å². The number of ether oxygens (including phenoxy) is 1. The zero-order chi connectivity index (χ0) is 18.7. The van der Waals surface area contributed by atoms with E-state index in [9.17, 15) is 4.79 Å². The standard InChI is InChI=1S/C14H15NO2S.C6H15N/c1-2-17-14(16)12-9-11(18-13(12)15)8-10-6-4-3-5-7-10;1-4-7(5-2)6-3/h3-7,9H,2,8,15H2,1H3;4-6H2,1-3H3. The molecule has 0 amide bonds. The van der Waals surface area contributed by atoms with Crippen LogP contribution in [-0.4, -0.2) is 37.1 Å². The van der Waals surface area contributed by atoms with Crippen molar-refractivity contribution in [1.29, 1.82) is 0 Å². The van der Waals surface area contributed by atoms with Gasteiger partial charge < -0.3 is 15.4 Å². The molecule has 25 heavy (non-hydrogen) atoms. The van der Waals surface area contributed by atoms with Crippen molar-refractivity contribution >= 4 is 22.3 Å². The summed E-state index contributed by atoms with van der Waals surface area (Å²) in [6.07, 6.45) is 0.787. The zero-order valence-corrected chi connectivity index (χ0v) is 16.6. The molecule has 0 saturated heterocycles. The van der Waals surface area contributed by atoms with Gasteiger partial charge in [0.2, 0.25) is 0 Å². The van der Waals surface area contributed by atoms with Gasteiger partial charge in [-0.15, -0.1) is 11.3 Å². The molecule has 1 heterocycles. The molecule has 0 aliphatic rings. The summed E-state index contributed by atoms with van der Waals surface area (Å²) in [5.41, 5.74) is 7.53. The molecule has 2 N–H and O–H groups in total. The third-order valence-electron chi connectivity index (χ3n) is 3.87. The van der Waals surface area contributed by atoms with Crippen LogP contribution >= 0.6 is 11.3 Å². The highest BCUT2D eigenvalue weighted by molar-refractivity contribution is 7.16. The minimum Gasteiger partial charge on any atom is -0.462 e. The second kappa shape index (κ2) is 11.7. The topological polar surface area (TPSA) is 55.6 Å². The van der Waals surface area contributed by atoms with E-state index in [-0.39, 0.29) is 5.97 Å². The summed E-state index contributed by atoms with van der Waals surface area (Å²) in [4.78, 5) is 15.1. The van der Waals surface area contributed by atoms with Gasteiger partial charge in [0.15, 0.2) is 0 Å². The first-order valence-corrected chi connectivity index (χ1v) is 9.68. The minimum atomic E-state index is -0.342. The van der Waals surface area contributed by atoms with Gasteiger partial charge >= 0.3 is 5.97 Å². The van der Waals surface area contributed by atoms with Gasteiger partial charge in [-0.2, -0.15) is 0 Å². The molecule has 1 aromatic carbocycles. The van der Waals surface area contributed by atoms with Crippen molar-refractivity contribution in [2.75, 3.05) is 32.0 Å². The van der Waals surface area contributed by atoms with Crippen molar-refractivity contribution in [3.8, 4) is 0 Å². The molecule has 138 valence electrons. The number of rotatable bonds is 7. The molecule has 0 aliphatic heterocycles. The number of nitrogen functional groups attached to an aromatic ring is 1. The van der Waals surface area contributed by atoms with Crippen molar-refractivity contribution in [3.05, 3.63) is 52.4 Å². The number of carbonyl (C=O) groups is 1. The summed E-state index contributed by atoms with van der Waals surface area (Å²) in [5, 5.41) is 0.527. The first-order valence-electron chi connectivity index (χ1n) is 8.87. The van der Waals surface area contributed by atoms with E-state index in [4.69, 9.17) is 10.5 Å². The number of nitrogens with two attached hydrogens (primary N) is 1. The molecule has 0 unspecified atom stereocenters. The number of hydrogen-bond donors (Lipinski definition) is 1. The Morgan fingerprint density at radius 2 is 1.68 bits per heavy atom. The lowest BCUT2D eigenvalue weighted by atomic mass is 10.1. The smallest absolute Gasteiger partial charge is 0.341 e. The number of benzene rings is 1. The molecule has 5 heteroatoms. The van der Waals surface area contributed by atoms with Gasteiger partial charge in [0.05, 0.1) is 12.2 Å². The molecule has 2 rings (SSSR count). The average Bonchev–Trinajstić information content (AvgIpc) is 2.98. The first-order chi connectivity index (χ1) is 12.0. The molecule has 0 radical (unpaired) electrons. The van der Waals surface area contributed by atoms with Crippen molar-refractivity contribution in [2.24, 2.45) is 0 Å². The van der Waals surface area contributed by atoms with Crippen LogP contribution in [-0.2, 0) is 11.2 Å². The molecule has 0 fully saturated rings. The molecule has 1 aromatic heterocycles. The molecular formula is C20H30N2O2S. The van der Waals surface area contributed by atoms with Crippen LogP contribution < -0.4 is 5.73 Å². The summed E-state index contributed by atoms with van der Waals surface area (Å²) in [7, 11) is 0. The van der Waals surface area contributed by atoms with Crippen LogP contribution in [0.3, 0.4) is 0 Å². The second-order valence-corrected chi connectivity index (χ2v) is 6.66. The molecule has 2 aromatic rings.